The molecule has 1 fully saturated rings. The summed E-state index contributed by atoms with van der Waals surface area (Å²) in [5.74, 6) is 0.852. The average molecular weight is 359 g/mol. The van der Waals surface area contributed by atoms with Crippen LogP contribution in [-0.4, -0.2) is 43.6 Å². The van der Waals surface area contributed by atoms with Crippen LogP contribution in [0.15, 0.2) is 12.1 Å². The molecule has 1 N–H and O–H groups in total. The summed E-state index contributed by atoms with van der Waals surface area (Å²) in [6.45, 7) is 7.16. The minimum atomic E-state index is -0.258. The molecule has 1 aliphatic heterocycles. The van der Waals surface area contributed by atoms with E-state index in [1.165, 1.54) is 20.0 Å². The highest BCUT2D eigenvalue weighted by Gasteiger charge is 2.23. The summed E-state index contributed by atoms with van der Waals surface area (Å²) < 4.78 is 5.23. The van der Waals surface area contributed by atoms with Crippen LogP contribution in [0.3, 0.4) is 0 Å². The van der Waals surface area contributed by atoms with E-state index in [9.17, 15) is 4.79 Å². The van der Waals surface area contributed by atoms with Crippen molar-refractivity contribution in [2.75, 3.05) is 26.7 Å². The van der Waals surface area contributed by atoms with Crippen LogP contribution in [0.5, 0.6) is 5.75 Å². The Hall–Kier alpha value is -0.970. The monoisotopic (exact) mass is 358 g/mol. The van der Waals surface area contributed by atoms with Crippen molar-refractivity contribution in [2.45, 2.75) is 32.7 Å². The number of hydrogen-bond acceptors (Lipinski definition) is 3. The summed E-state index contributed by atoms with van der Waals surface area (Å²) >= 11 is 12.2. The lowest BCUT2D eigenvalue weighted by Crippen LogP contribution is -2.45. The third-order valence-electron chi connectivity index (χ3n) is 4.49. The predicted octanol–water partition coefficient (Wildman–Crippen LogP) is 3.85. The Morgan fingerprint density at radius 1 is 1.35 bits per heavy atom. The van der Waals surface area contributed by atoms with Crippen molar-refractivity contribution in [2.24, 2.45) is 5.92 Å². The largest absolute Gasteiger partial charge is 0.494 e. The number of piperidine rings is 1. The van der Waals surface area contributed by atoms with Crippen LogP contribution < -0.4 is 10.1 Å². The zero-order chi connectivity index (χ0) is 17.0. The van der Waals surface area contributed by atoms with Gasteiger partial charge in [0.25, 0.3) is 5.91 Å². The molecule has 0 spiro atoms. The van der Waals surface area contributed by atoms with Crippen LogP contribution in [0, 0.1) is 5.92 Å². The third-order valence-corrected chi connectivity index (χ3v) is 5.10. The first-order chi connectivity index (χ1) is 10.9. The lowest BCUT2D eigenvalue weighted by molar-refractivity contribution is 0.0919. The van der Waals surface area contributed by atoms with Gasteiger partial charge < -0.3 is 10.1 Å². The van der Waals surface area contributed by atoms with Gasteiger partial charge in [-0.2, -0.15) is 0 Å². The first-order valence-electron chi connectivity index (χ1n) is 7.98. The van der Waals surface area contributed by atoms with Gasteiger partial charge in [0.15, 0.2) is 5.75 Å². The zero-order valence-corrected chi connectivity index (χ0v) is 15.4. The SMILES string of the molecule is COc1c(Cl)ccc(Cl)c1C(=O)NCC(C)N1CCC(C)CC1. The second-order valence-electron chi connectivity index (χ2n) is 6.21. The van der Waals surface area contributed by atoms with E-state index >= 15 is 0 Å². The van der Waals surface area contributed by atoms with Gasteiger partial charge in [-0.1, -0.05) is 30.1 Å². The molecule has 6 heteroatoms. The molecule has 1 aromatic carbocycles. The number of carbonyl (C=O) groups is 1. The normalized spacial score (nSPS) is 17.8. The van der Waals surface area contributed by atoms with Crippen LogP contribution in [0.2, 0.25) is 10.0 Å². The molecule has 1 unspecified atom stereocenters. The van der Waals surface area contributed by atoms with E-state index in [2.05, 4.69) is 24.1 Å². The van der Waals surface area contributed by atoms with E-state index in [0.717, 1.165) is 19.0 Å². The average Bonchev–Trinajstić information content (AvgIpc) is 2.54. The topological polar surface area (TPSA) is 41.6 Å². The van der Waals surface area contributed by atoms with Crippen molar-refractivity contribution in [3.63, 3.8) is 0 Å². The molecule has 0 radical (unpaired) electrons. The molecule has 1 amide bonds. The molecular weight excluding hydrogens is 335 g/mol. The van der Waals surface area contributed by atoms with Gasteiger partial charge in [-0.15, -0.1) is 0 Å². The van der Waals surface area contributed by atoms with Gasteiger partial charge >= 0.3 is 0 Å². The van der Waals surface area contributed by atoms with E-state index in [-0.39, 0.29) is 11.9 Å². The van der Waals surface area contributed by atoms with Gasteiger partial charge in [0.2, 0.25) is 0 Å². The fourth-order valence-corrected chi connectivity index (χ4v) is 3.34. The maximum atomic E-state index is 12.5. The summed E-state index contributed by atoms with van der Waals surface area (Å²) in [5.41, 5.74) is 0.293. The molecule has 0 bridgehead atoms. The minimum Gasteiger partial charge on any atom is -0.494 e. The quantitative estimate of drug-likeness (QED) is 0.868. The van der Waals surface area contributed by atoms with Crippen LogP contribution >= 0.6 is 23.2 Å². The molecule has 128 valence electrons. The summed E-state index contributed by atoms with van der Waals surface area (Å²) in [4.78, 5) is 14.9. The Kier molecular flexibility index (Phi) is 6.57. The Labute approximate surface area is 148 Å². The maximum Gasteiger partial charge on any atom is 0.256 e. The first-order valence-corrected chi connectivity index (χ1v) is 8.73. The van der Waals surface area contributed by atoms with Gasteiger partial charge in [-0.05, 0) is 50.9 Å². The molecule has 4 nitrogen and oxygen atoms in total. The van der Waals surface area contributed by atoms with Crippen molar-refractivity contribution < 1.29 is 9.53 Å². The number of nitrogens with one attached hydrogen (secondary N) is 1. The van der Waals surface area contributed by atoms with Crippen LogP contribution in [0.4, 0.5) is 0 Å². The molecule has 1 atom stereocenters. The van der Waals surface area contributed by atoms with E-state index in [1.807, 2.05) is 0 Å². The number of ether oxygens (including phenoxy) is 1. The second kappa shape index (κ2) is 8.22. The highest BCUT2D eigenvalue weighted by molar-refractivity contribution is 6.37. The van der Waals surface area contributed by atoms with Gasteiger partial charge in [-0.3, -0.25) is 9.69 Å². The molecule has 0 aliphatic carbocycles. The van der Waals surface area contributed by atoms with Crippen molar-refractivity contribution >= 4 is 29.1 Å². The van der Waals surface area contributed by atoms with E-state index in [1.54, 1.807) is 12.1 Å². The zero-order valence-electron chi connectivity index (χ0n) is 13.9. The highest BCUT2D eigenvalue weighted by atomic mass is 35.5. The summed E-state index contributed by atoms with van der Waals surface area (Å²) in [7, 11) is 1.48. The van der Waals surface area contributed by atoms with E-state index in [4.69, 9.17) is 27.9 Å². The fourth-order valence-electron chi connectivity index (χ4n) is 2.87. The van der Waals surface area contributed by atoms with Crippen molar-refractivity contribution in [1.82, 2.24) is 10.2 Å². The highest BCUT2D eigenvalue weighted by Crippen LogP contribution is 2.33. The Bertz CT molecular complexity index is 558. The van der Waals surface area contributed by atoms with Gasteiger partial charge in [-0.25, -0.2) is 0 Å². The van der Waals surface area contributed by atoms with E-state index < -0.39 is 0 Å². The van der Waals surface area contributed by atoms with Gasteiger partial charge in [0.1, 0.15) is 5.56 Å². The fraction of sp³-hybridized carbons (Fsp3) is 0.588. The second-order valence-corrected chi connectivity index (χ2v) is 7.03. The Balaban J connectivity index is 1.99. The number of nitrogens with zero attached hydrogens (tertiary/aromatic N) is 1. The smallest absolute Gasteiger partial charge is 0.256 e. The first kappa shape index (κ1) is 18.4. The summed E-state index contributed by atoms with van der Waals surface area (Å²) in [6, 6.07) is 3.52. The van der Waals surface area contributed by atoms with Crippen LogP contribution in [0.1, 0.15) is 37.0 Å². The molecule has 1 heterocycles. The number of carbonyl (C=O) groups excluding carboxylic acids is 1. The number of hydrogen-bond donors (Lipinski definition) is 1. The lowest BCUT2D eigenvalue weighted by Gasteiger charge is -2.35. The minimum absolute atomic E-state index is 0.258. The number of benzene rings is 1. The number of amides is 1. The Morgan fingerprint density at radius 2 is 1.96 bits per heavy atom. The molecule has 0 aromatic heterocycles. The molecule has 1 saturated heterocycles. The molecule has 1 aliphatic rings. The number of rotatable bonds is 5. The molecule has 2 rings (SSSR count). The van der Waals surface area contributed by atoms with Crippen LogP contribution in [-0.2, 0) is 0 Å². The van der Waals surface area contributed by atoms with Crippen molar-refractivity contribution in [3.05, 3.63) is 27.7 Å². The van der Waals surface area contributed by atoms with Crippen LogP contribution in [0.25, 0.3) is 0 Å². The van der Waals surface area contributed by atoms with Crippen molar-refractivity contribution in [1.29, 1.82) is 0 Å². The number of halogens is 2. The molecule has 1 aromatic rings. The summed E-state index contributed by atoms with van der Waals surface area (Å²) in [6.07, 6.45) is 2.43. The standard InChI is InChI=1S/C17H24Cl2N2O2/c1-11-6-8-21(9-7-11)12(2)10-20-17(22)15-13(18)4-5-14(19)16(15)23-3/h4-5,11-12H,6-10H2,1-3H3,(H,20,22). The van der Waals surface area contributed by atoms with Gasteiger partial charge in [0, 0.05) is 12.6 Å². The van der Waals surface area contributed by atoms with Crippen molar-refractivity contribution in [3.8, 4) is 5.75 Å². The lowest BCUT2D eigenvalue weighted by atomic mass is 9.98. The summed E-state index contributed by atoms with van der Waals surface area (Å²) in [5, 5.41) is 3.66. The molecular formula is C17H24Cl2N2O2. The number of methoxy groups -OCH3 is 1. The van der Waals surface area contributed by atoms with Gasteiger partial charge in [0.05, 0.1) is 17.2 Å². The number of likely N-dealkylation sites (tertiary alicyclic amines) is 1. The van der Waals surface area contributed by atoms with E-state index in [0.29, 0.717) is 27.9 Å². The maximum absolute atomic E-state index is 12.5. The third kappa shape index (κ3) is 4.52. The molecule has 0 saturated carbocycles. The Morgan fingerprint density at radius 3 is 2.57 bits per heavy atom. The predicted molar refractivity (Wildman–Crippen MR) is 94.8 cm³/mol. The molecule has 23 heavy (non-hydrogen) atoms.